The number of urea groups is 1. The number of pyridine rings is 1. The van der Waals surface area contributed by atoms with Gasteiger partial charge in [-0.25, -0.2) is 14.8 Å². The van der Waals surface area contributed by atoms with Gasteiger partial charge in [-0.2, -0.15) is 0 Å². The van der Waals surface area contributed by atoms with Gasteiger partial charge in [0.15, 0.2) is 0 Å². The van der Waals surface area contributed by atoms with E-state index in [1.54, 1.807) is 11.3 Å². The maximum Gasteiger partial charge on any atom is 0.317 e. The number of fused-ring (bicyclic) bond motifs is 2. The van der Waals surface area contributed by atoms with Gasteiger partial charge in [0.1, 0.15) is 5.82 Å². The minimum absolute atomic E-state index is 0.0333. The normalized spacial score (nSPS) is 19.8. The lowest BCUT2D eigenvalue weighted by Gasteiger charge is -2.29. The zero-order chi connectivity index (χ0) is 25.0. The average molecular weight is 520 g/mol. The van der Waals surface area contributed by atoms with Crippen LogP contribution in [-0.4, -0.2) is 84.3 Å². The number of carbonyl (C=O) groups excluding carboxylic acids is 1. The molecular formula is C27H33N7O2S. The first-order valence-electron chi connectivity index (χ1n) is 13.1. The largest absolute Gasteiger partial charge is 0.379 e. The van der Waals surface area contributed by atoms with Crippen molar-refractivity contribution in [2.75, 3.05) is 63.1 Å². The second-order valence-electron chi connectivity index (χ2n) is 9.76. The third kappa shape index (κ3) is 5.56. The number of aromatic nitrogens is 2. The van der Waals surface area contributed by atoms with Gasteiger partial charge in [0.2, 0.25) is 0 Å². The van der Waals surface area contributed by atoms with Gasteiger partial charge in [-0.15, -0.1) is 11.3 Å². The first kappa shape index (κ1) is 24.1. The van der Waals surface area contributed by atoms with Gasteiger partial charge in [-0.1, -0.05) is 6.08 Å². The molecule has 0 saturated carbocycles. The number of hydrogen-bond acceptors (Lipinski definition) is 8. The molecular weight excluding hydrogens is 486 g/mol. The summed E-state index contributed by atoms with van der Waals surface area (Å²) in [5.74, 6) is 0.940. The maximum absolute atomic E-state index is 12.7. The number of hydrogen-bond donors (Lipinski definition) is 3. The molecule has 3 N–H and O–H groups in total. The van der Waals surface area contributed by atoms with E-state index in [2.05, 4.69) is 55.1 Å². The molecule has 0 radical (unpaired) electrons. The van der Waals surface area contributed by atoms with Crippen LogP contribution in [0.5, 0.6) is 0 Å². The number of amides is 2. The molecule has 10 heteroatoms. The van der Waals surface area contributed by atoms with Crippen molar-refractivity contribution in [1.29, 1.82) is 0 Å². The van der Waals surface area contributed by atoms with Crippen molar-refractivity contribution in [1.82, 2.24) is 25.1 Å². The fraction of sp³-hybridized carbons (Fsp3) is 0.444. The lowest BCUT2D eigenvalue weighted by atomic mass is 9.97. The highest BCUT2D eigenvalue weighted by Crippen LogP contribution is 2.36. The molecule has 6 rings (SSSR count). The highest BCUT2D eigenvalue weighted by atomic mass is 32.1. The number of anilines is 3. The number of nitrogens with one attached hydrogen (secondary N) is 3. The molecule has 194 valence electrons. The van der Waals surface area contributed by atoms with E-state index in [1.165, 1.54) is 15.8 Å². The van der Waals surface area contributed by atoms with Gasteiger partial charge in [0.25, 0.3) is 0 Å². The number of benzene rings is 1. The lowest BCUT2D eigenvalue weighted by molar-refractivity contribution is 0.0375. The summed E-state index contributed by atoms with van der Waals surface area (Å²) in [5.41, 5.74) is 7.60. The summed E-state index contributed by atoms with van der Waals surface area (Å²) in [7, 11) is 0. The third-order valence-electron chi connectivity index (χ3n) is 7.40. The summed E-state index contributed by atoms with van der Waals surface area (Å²) < 4.78 is 6.56. The van der Waals surface area contributed by atoms with E-state index in [0.717, 1.165) is 81.4 Å². The molecule has 2 aromatic heterocycles. The molecule has 1 unspecified atom stereocenters. The molecule has 3 aromatic rings. The Morgan fingerprint density at radius 1 is 1.19 bits per heavy atom. The number of ether oxygens (including phenoxy) is 1. The van der Waals surface area contributed by atoms with Crippen molar-refractivity contribution in [3.63, 3.8) is 0 Å². The average Bonchev–Trinajstić information content (AvgIpc) is 3.59. The second kappa shape index (κ2) is 11.0. The molecule has 1 saturated heterocycles. The SMILES string of the molecule is O=C(NCCCN1CCOCC1)N1CC=C(C2Cc3c(Nc4ccc5ncsc5c4)ccnc3N2)CC1. The van der Waals surface area contributed by atoms with Gasteiger partial charge in [0.05, 0.1) is 35.0 Å². The van der Waals surface area contributed by atoms with Crippen molar-refractivity contribution < 1.29 is 9.53 Å². The Labute approximate surface area is 220 Å². The van der Waals surface area contributed by atoms with Crippen LogP contribution in [-0.2, 0) is 11.2 Å². The van der Waals surface area contributed by atoms with Gasteiger partial charge >= 0.3 is 6.03 Å². The zero-order valence-corrected chi connectivity index (χ0v) is 21.7. The number of thiazole rings is 1. The van der Waals surface area contributed by atoms with Crippen LogP contribution in [0.3, 0.4) is 0 Å². The summed E-state index contributed by atoms with van der Waals surface area (Å²) in [6, 6.07) is 8.56. The molecule has 3 aliphatic heterocycles. The molecule has 1 aromatic carbocycles. The molecule has 0 spiro atoms. The van der Waals surface area contributed by atoms with Crippen LogP contribution in [0.2, 0.25) is 0 Å². The number of rotatable bonds is 7. The van der Waals surface area contributed by atoms with Crippen LogP contribution in [0.1, 0.15) is 18.4 Å². The van der Waals surface area contributed by atoms with Crippen molar-refractivity contribution in [2.24, 2.45) is 0 Å². The summed E-state index contributed by atoms with van der Waals surface area (Å²) in [6.07, 6.45) is 6.78. The summed E-state index contributed by atoms with van der Waals surface area (Å²) in [6.45, 7) is 6.70. The van der Waals surface area contributed by atoms with Gasteiger partial charge < -0.3 is 25.6 Å². The number of nitrogens with zero attached hydrogens (tertiary/aromatic N) is 4. The highest BCUT2D eigenvalue weighted by molar-refractivity contribution is 7.16. The first-order chi connectivity index (χ1) is 18.2. The van der Waals surface area contributed by atoms with Gasteiger partial charge in [-0.05, 0) is 49.2 Å². The molecule has 3 aliphatic rings. The van der Waals surface area contributed by atoms with Crippen LogP contribution < -0.4 is 16.0 Å². The van der Waals surface area contributed by atoms with Crippen LogP contribution in [0, 0.1) is 0 Å². The topological polar surface area (TPSA) is 94.7 Å². The molecule has 0 aliphatic carbocycles. The van der Waals surface area contributed by atoms with Crippen LogP contribution >= 0.6 is 11.3 Å². The van der Waals surface area contributed by atoms with E-state index in [9.17, 15) is 4.79 Å². The van der Waals surface area contributed by atoms with E-state index >= 15 is 0 Å². The Morgan fingerprint density at radius 2 is 2.11 bits per heavy atom. The summed E-state index contributed by atoms with van der Waals surface area (Å²) >= 11 is 1.65. The monoisotopic (exact) mass is 519 g/mol. The van der Waals surface area contributed by atoms with Crippen LogP contribution in [0.4, 0.5) is 22.0 Å². The Bertz CT molecular complexity index is 1290. The minimum Gasteiger partial charge on any atom is -0.379 e. The standard InChI is InChI=1S/C27H33N7O2S/c35-27(29-7-1-9-33-12-14-36-15-13-33)34-10-5-19(6-11-34)24-17-21-22(4-8-28-26(21)32-24)31-20-2-3-23-25(16-20)37-18-30-23/h2-5,8,16,18,24H,1,6-7,9-15,17H2,(H,29,35)(H2,28,31,32). The molecule has 9 nitrogen and oxygen atoms in total. The zero-order valence-electron chi connectivity index (χ0n) is 20.9. The summed E-state index contributed by atoms with van der Waals surface area (Å²) in [5, 5.41) is 10.3. The smallest absolute Gasteiger partial charge is 0.317 e. The van der Waals surface area contributed by atoms with Crippen molar-refractivity contribution >= 4 is 44.8 Å². The first-order valence-corrected chi connectivity index (χ1v) is 14.0. The van der Waals surface area contributed by atoms with Gasteiger partial charge in [-0.3, -0.25) is 4.90 Å². The number of morpholine rings is 1. The van der Waals surface area contributed by atoms with E-state index in [4.69, 9.17) is 4.74 Å². The van der Waals surface area contributed by atoms with E-state index in [1.807, 2.05) is 22.7 Å². The van der Waals surface area contributed by atoms with Crippen molar-refractivity contribution in [2.45, 2.75) is 25.3 Å². The maximum atomic E-state index is 12.7. The highest BCUT2D eigenvalue weighted by Gasteiger charge is 2.29. The molecule has 37 heavy (non-hydrogen) atoms. The second-order valence-corrected chi connectivity index (χ2v) is 10.6. The van der Waals surface area contributed by atoms with Gasteiger partial charge in [0, 0.05) is 62.3 Å². The molecule has 5 heterocycles. The van der Waals surface area contributed by atoms with E-state index in [0.29, 0.717) is 13.1 Å². The Kier molecular flexibility index (Phi) is 7.20. The van der Waals surface area contributed by atoms with E-state index in [-0.39, 0.29) is 12.1 Å². The molecule has 1 atom stereocenters. The summed E-state index contributed by atoms with van der Waals surface area (Å²) in [4.78, 5) is 25.9. The lowest BCUT2D eigenvalue weighted by Crippen LogP contribution is -2.44. The van der Waals surface area contributed by atoms with Crippen LogP contribution in [0.25, 0.3) is 10.2 Å². The Hall–Kier alpha value is -3.21. The fourth-order valence-corrected chi connectivity index (χ4v) is 6.01. The predicted octanol–water partition coefficient (Wildman–Crippen LogP) is 3.84. The number of carbonyl (C=O) groups is 1. The quantitative estimate of drug-likeness (QED) is 0.323. The third-order valence-corrected chi connectivity index (χ3v) is 8.19. The minimum atomic E-state index is 0.0333. The fourth-order valence-electron chi connectivity index (χ4n) is 5.29. The Balaban J connectivity index is 1.01. The predicted molar refractivity (Wildman–Crippen MR) is 148 cm³/mol. The van der Waals surface area contributed by atoms with Crippen molar-refractivity contribution in [3.05, 3.63) is 53.2 Å². The Morgan fingerprint density at radius 3 is 2.97 bits per heavy atom. The molecule has 1 fully saturated rings. The van der Waals surface area contributed by atoms with Crippen molar-refractivity contribution in [3.8, 4) is 0 Å². The molecule has 2 amide bonds. The molecule has 0 bridgehead atoms. The van der Waals surface area contributed by atoms with Crippen LogP contribution in [0.15, 0.2) is 47.6 Å². The van der Waals surface area contributed by atoms with E-state index < -0.39 is 0 Å².